The van der Waals surface area contributed by atoms with Crippen molar-refractivity contribution in [1.29, 1.82) is 0 Å². The molecule has 0 aliphatic heterocycles. The normalized spacial score (nSPS) is 10.9. The first-order valence-corrected chi connectivity index (χ1v) is 7.88. The van der Waals surface area contributed by atoms with Crippen molar-refractivity contribution in [3.63, 3.8) is 0 Å². The van der Waals surface area contributed by atoms with E-state index in [2.05, 4.69) is 59.6 Å². The second-order valence-electron chi connectivity index (χ2n) is 6.24. The summed E-state index contributed by atoms with van der Waals surface area (Å²) < 4.78 is 0. The van der Waals surface area contributed by atoms with E-state index in [-0.39, 0.29) is 11.9 Å². The molecule has 2 rings (SSSR count). The molecule has 0 spiro atoms. The van der Waals surface area contributed by atoms with Crippen LogP contribution >= 0.6 is 0 Å². The summed E-state index contributed by atoms with van der Waals surface area (Å²) in [5, 5.41) is 6.17. The van der Waals surface area contributed by atoms with Crippen LogP contribution in [0.3, 0.4) is 0 Å². The first-order valence-electron chi connectivity index (χ1n) is 7.88. The molecule has 1 aromatic heterocycles. The number of aryl methyl sites for hydroxylation is 1. The number of anilines is 2. The lowest BCUT2D eigenvalue weighted by Crippen LogP contribution is -2.30. The summed E-state index contributed by atoms with van der Waals surface area (Å²) >= 11 is 0. The molecule has 23 heavy (non-hydrogen) atoms. The summed E-state index contributed by atoms with van der Waals surface area (Å²) in [4.78, 5) is 20.4. The molecule has 0 bridgehead atoms. The number of rotatable bonds is 5. The number of benzene rings is 1. The topological polar surface area (TPSA) is 66.9 Å². The zero-order valence-electron chi connectivity index (χ0n) is 14.3. The van der Waals surface area contributed by atoms with Gasteiger partial charge in [-0.3, -0.25) is 4.79 Å². The average Bonchev–Trinajstić information content (AvgIpc) is 2.48. The van der Waals surface area contributed by atoms with Crippen molar-refractivity contribution in [2.24, 2.45) is 0 Å². The third-order valence-corrected chi connectivity index (χ3v) is 3.50. The number of hydrogen-bond acceptors (Lipinski definition) is 4. The summed E-state index contributed by atoms with van der Waals surface area (Å²) in [6.07, 6.45) is 1.41. The average molecular weight is 312 g/mol. The van der Waals surface area contributed by atoms with Gasteiger partial charge in [-0.2, -0.15) is 0 Å². The van der Waals surface area contributed by atoms with Gasteiger partial charge >= 0.3 is 0 Å². The van der Waals surface area contributed by atoms with E-state index < -0.39 is 0 Å². The van der Waals surface area contributed by atoms with Gasteiger partial charge in [-0.05, 0) is 37.8 Å². The fourth-order valence-corrected chi connectivity index (χ4v) is 2.36. The molecular formula is C18H24N4O. The summed E-state index contributed by atoms with van der Waals surface area (Å²) in [7, 11) is 0. The van der Waals surface area contributed by atoms with Gasteiger partial charge in [0.1, 0.15) is 17.8 Å². The number of hydrogen-bond donors (Lipinski definition) is 2. The number of aromatic nitrogens is 2. The van der Waals surface area contributed by atoms with Crippen LogP contribution in [-0.4, -0.2) is 21.9 Å². The van der Waals surface area contributed by atoms with Crippen molar-refractivity contribution in [2.45, 2.75) is 46.6 Å². The minimum Gasteiger partial charge on any atom is -0.349 e. The van der Waals surface area contributed by atoms with E-state index in [9.17, 15) is 4.79 Å². The Morgan fingerprint density at radius 3 is 2.52 bits per heavy atom. The number of amides is 1. The minimum atomic E-state index is -0.195. The molecule has 122 valence electrons. The van der Waals surface area contributed by atoms with Crippen molar-refractivity contribution in [1.82, 2.24) is 15.3 Å². The van der Waals surface area contributed by atoms with Crippen LogP contribution in [-0.2, 0) is 0 Å². The zero-order valence-corrected chi connectivity index (χ0v) is 14.3. The van der Waals surface area contributed by atoms with Gasteiger partial charge in [-0.15, -0.1) is 0 Å². The van der Waals surface area contributed by atoms with Crippen molar-refractivity contribution in [3.05, 3.63) is 47.4 Å². The lowest BCUT2D eigenvalue weighted by molar-refractivity contribution is 0.0938. The Balaban J connectivity index is 2.30. The van der Waals surface area contributed by atoms with Gasteiger partial charge in [0, 0.05) is 17.8 Å². The standard InChI is InChI=1S/C18H24N4O/c1-11(2)14-8-6-7-13(5)17(14)22-16-9-15(19-10-20-16)18(23)21-12(3)4/h6-12H,1-5H3,(H,21,23)(H,19,20,22). The number of para-hydroxylation sites is 1. The number of nitrogens with one attached hydrogen (secondary N) is 2. The van der Waals surface area contributed by atoms with Crippen LogP contribution in [0.2, 0.25) is 0 Å². The Labute approximate surface area is 137 Å². The Morgan fingerprint density at radius 1 is 1.13 bits per heavy atom. The second kappa shape index (κ2) is 7.22. The van der Waals surface area contributed by atoms with Crippen LogP contribution in [0.1, 0.15) is 55.2 Å². The Hall–Kier alpha value is -2.43. The molecule has 2 N–H and O–H groups in total. The highest BCUT2D eigenvalue weighted by molar-refractivity contribution is 5.93. The van der Waals surface area contributed by atoms with Crippen LogP contribution < -0.4 is 10.6 Å². The first kappa shape index (κ1) is 16.9. The van der Waals surface area contributed by atoms with E-state index in [1.54, 1.807) is 6.07 Å². The molecule has 2 aromatic rings. The van der Waals surface area contributed by atoms with Crippen LogP contribution in [0, 0.1) is 6.92 Å². The van der Waals surface area contributed by atoms with Gasteiger partial charge in [-0.25, -0.2) is 9.97 Å². The highest BCUT2D eigenvalue weighted by atomic mass is 16.1. The fourth-order valence-electron chi connectivity index (χ4n) is 2.36. The molecule has 0 aliphatic carbocycles. The molecule has 0 atom stereocenters. The first-order chi connectivity index (χ1) is 10.9. The lowest BCUT2D eigenvalue weighted by Gasteiger charge is -2.17. The van der Waals surface area contributed by atoms with E-state index in [1.807, 2.05) is 13.8 Å². The molecule has 0 saturated carbocycles. The summed E-state index contributed by atoms with van der Waals surface area (Å²) in [5.74, 6) is 0.812. The van der Waals surface area contributed by atoms with Crippen molar-refractivity contribution >= 4 is 17.4 Å². The van der Waals surface area contributed by atoms with Crippen LogP contribution in [0.25, 0.3) is 0 Å². The van der Waals surface area contributed by atoms with Gasteiger partial charge in [0.15, 0.2) is 0 Å². The van der Waals surface area contributed by atoms with Crippen LogP contribution in [0.4, 0.5) is 11.5 Å². The number of nitrogens with zero attached hydrogens (tertiary/aromatic N) is 2. The maximum atomic E-state index is 12.1. The predicted molar refractivity (Wildman–Crippen MR) is 93.2 cm³/mol. The van der Waals surface area contributed by atoms with Gasteiger partial charge in [0.05, 0.1) is 0 Å². The Morgan fingerprint density at radius 2 is 1.87 bits per heavy atom. The maximum absolute atomic E-state index is 12.1. The lowest BCUT2D eigenvalue weighted by atomic mass is 9.98. The predicted octanol–water partition coefficient (Wildman–Crippen LogP) is 3.79. The third-order valence-electron chi connectivity index (χ3n) is 3.50. The fraction of sp³-hybridized carbons (Fsp3) is 0.389. The van der Waals surface area contributed by atoms with E-state index >= 15 is 0 Å². The summed E-state index contributed by atoms with van der Waals surface area (Å²) in [6, 6.07) is 7.96. The zero-order chi connectivity index (χ0) is 17.0. The van der Waals surface area contributed by atoms with Gasteiger partial charge < -0.3 is 10.6 Å². The minimum absolute atomic E-state index is 0.0674. The molecule has 0 radical (unpaired) electrons. The van der Waals surface area contributed by atoms with E-state index in [0.29, 0.717) is 17.4 Å². The molecule has 0 fully saturated rings. The Bertz CT molecular complexity index is 695. The second-order valence-corrected chi connectivity index (χ2v) is 6.24. The molecular weight excluding hydrogens is 288 g/mol. The molecule has 5 nitrogen and oxygen atoms in total. The molecule has 1 amide bonds. The summed E-state index contributed by atoms with van der Waals surface area (Å²) in [6.45, 7) is 10.2. The molecule has 0 saturated heterocycles. The third kappa shape index (κ3) is 4.28. The van der Waals surface area contributed by atoms with E-state index in [1.165, 1.54) is 11.9 Å². The molecule has 5 heteroatoms. The number of carbonyl (C=O) groups is 1. The van der Waals surface area contributed by atoms with Crippen LogP contribution in [0.5, 0.6) is 0 Å². The molecule has 0 aliphatic rings. The van der Waals surface area contributed by atoms with Crippen molar-refractivity contribution in [2.75, 3.05) is 5.32 Å². The number of carbonyl (C=O) groups excluding carboxylic acids is 1. The largest absolute Gasteiger partial charge is 0.349 e. The smallest absolute Gasteiger partial charge is 0.270 e. The van der Waals surface area contributed by atoms with Crippen molar-refractivity contribution in [3.8, 4) is 0 Å². The van der Waals surface area contributed by atoms with E-state index in [0.717, 1.165) is 11.3 Å². The highest BCUT2D eigenvalue weighted by Crippen LogP contribution is 2.29. The molecule has 1 heterocycles. The van der Waals surface area contributed by atoms with Gasteiger partial charge in [0.2, 0.25) is 0 Å². The SMILES string of the molecule is Cc1cccc(C(C)C)c1Nc1cc(C(=O)NC(C)C)ncn1. The van der Waals surface area contributed by atoms with Gasteiger partial charge in [0.25, 0.3) is 5.91 Å². The summed E-state index contributed by atoms with van der Waals surface area (Å²) in [5.41, 5.74) is 3.76. The van der Waals surface area contributed by atoms with Crippen LogP contribution in [0.15, 0.2) is 30.6 Å². The van der Waals surface area contributed by atoms with Crippen molar-refractivity contribution < 1.29 is 4.79 Å². The highest BCUT2D eigenvalue weighted by Gasteiger charge is 2.13. The van der Waals surface area contributed by atoms with E-state index in [4.69, 9.17) is 0 Å². The van der Waals surface area contributed by atoms with Gasteiger partial charge in [-0.1, -0.05) is 32.0 Å². The quantitative estimate of drug-likeness (QED) is 0.881. The molecule has 1 aromatic carbocycles. The monoisotopic (exact) mass is 312 g/mol. The Kier molecular flexibility index (Phi) is 5.32. The maximum Gasteiger partial charge on any atom is 0.270 e. The molecule has 0 unspecified atom stereocenters.